The lowest BCUT2D eigenvalue weighted by molar-refractivity contribution is -0.255. The van der Waals surface area contributed by atoms with Crippen molar-refractivity contribution < 1.29 is 9.90 Å². The van der Waals surface area contributed by atoms with E-state index in [1.165, 1.54) is 12.1 Å². The molecule has 0 aliphatic carbocycles. The van der Waals surface area contributed by atoms with E-state index >= 15 is 0 Å². The molecule has 0 amide bonds. The van der Waals surface area contributed by atoms with Crippen LogP contribution in [0.25, 0.3) is 0 Å². The molecule has 4 nitrogen and oxygen atoms in total. The molecule has 1 N–H and O–H groups in total. The van der Waals surface area contributed by atoms with Gasteiger partial charge in [-0.1, -0.05) is 47.5 Å². The smallest absolute Gasteiger partial charge is 0.0715 e. The first-order valence-electron chi connectivity index (χ1n) is 5.62. The molecule has 0 heterocycles. The fourth-order valence-corrected chi connectivity index (χ4v) is 1.75. The van der Waals surface area contributed by atoms with E-state index < -0.39 is 5.97 Å². The van der Waals surface area contributed by atoms with E-state index in [0.717, 1.165) is 5.56 Å². The number of aromatic carboxylic acids is 1. The lowest BCUT2D eigenvalue weighted by Gasteiger charge is -2.03. The third kappa shape index (κ3) is 3.73. The Morgan fingerprint density at radius 3 is 2.40 bits per heavy atom. The minimum Gasteiger partial charge on any atom is -0.545 e. The monoisotopic (exact) mass is 307 g/mol. The van der Waals surface area contributed by atoms with Crippen LogP contribution < -0.4 is 10.5 Å². The van der Waals surface area contributed by atoms with E-state index in [1.807, 2.05) is 0 Å². The zero-order valence-electron chi connectivity index (χ0n) is 10.1. The van der Waals surface area contributed by atoms with Crippen molar-refractivity contribution in [3.05, 3.63) is 63.6 Å². The molecule has 2 rings (SSSR count). The van der Waals surface area contributed by atoms with Gasteiger partial charge in [-0.2, -0.15) is 5.10 Å². The van der Waals surface area contributed by atoms with Crippen LogP contribution >= 0.6 is 23.2 Å². The fourth-order valence-electron chi connectivity index (χ4n) is 1.45. The molecule has 0 aliphatic rings. The van der Waals surface area contributed by atoms with Gasteiger partial charge in [-0.05, 0) is 29.3 Å². The van der Waals surface area contributed by atoms with Crippen LogP contribution in [0.15, 0.2) is 47.6 Å². The Kier molecular flexibility index (Phi) is 4.61. The van der Waals surface area contributed by atoms with Crippen molar-refractivity contribution >= 4 is 41.1 Å². The van der Waals surface area contributed by atoms with Crippen molar-refractivity contribution in [3.8, 4) is 0 Å². The van der Waals surface area contributed by atoms with Gasteiger partial charge >= 0.3 is 0 Å². The zero-order chi connectivity index (χ0) is 14.5. The summed E-state index contributed by atoms with van der Waals surface area (Å²) in [5.41, 5.74) is 4.37. The van der Waals surface area contributed by atoms with Crippen LogP contribution in [0.1, 0.15) is 15.9 Å². The molecule has 6 heteroatoms. The van der Waals surface area contributed by atoms with Gasteiger partial charge in [0.1, 0.15) is 0 Å². The number of anilines is 1. The summed E-state index contributed by atoms with van der Waals surface area (Å²) in [6.07, 6.45) is 1.56. The van der Waals surface area contributed by atoms with E-state index in [4.69, 9.17) is 23.2 Å². The number of carboxylic acids is 1. The highest BCUT2D eigenvalue weighted by Gasteiger charge is 1.98. The zero-order valence-corrected chi connectivity index (χ0v) is 11.7. The number of hydrogen-bond donors (Lipinski definition) is 1. The van der Waals surface area contributed by atoms with Gasteiger partial charge in [-0.25, -0.2) is 0 Å². The van der Waals surface area contributed by atoms with Crippen molar-refractivity contribution in [3.63, 3.8) is 0 Å². The molecule has 0 atom stereocenters. The van der Waals surface area contributed by atoms with Gasteiger partial charge in [0.15, 0.2) is 0 Å². The molecule has 0 radical (unpaired) electrons. The molecule has 102 valence electrons. The molecule has 2 aromatic carbocycles. The lowest BCUT2D eigenvalue weighted by atomic mass is 10.1. The van der Waals surface area contributed by atoms with Crippen molar-refractivity contribution in [2.24, 2.45) is 5.10 Å². The first-order valence-corrected chi connectivity index (χ1v) is 6.37. The second-order valence-corrected chi connectivity index (χ2v) is 4.72. The van der Waals surface area contributed by atoms with Gasteiger partial charge < -0.3 is 9.90 Å². The van der Waals surface area contributed by atoms with Crippen LogP contribution in [0.3, 0.4) is 0 Å². The van der Waals surface area contributed by atoms with Crippen molar-refractivity contribution in [1.82, 2.24) is 0 Å². The summed E-state index contributed by atoms with van der Waals surface area (Å²) in [6.45, 7) is 0. The number of halogens is 2. The molecule has 0 saturated carbocycles. The molecule has 0 saturated heterocycles. The number of carbonyl (C=O) groups is 1. The molecule has 0 unspecified atom stereocenters. The number of benzene rings is 2. The SMILES string of the molecule is O=C([O-])c1ccc(/C=N\Nc2ccc(Cl)c(Cl)c2)cc1. The van der Waals surface area contributed by atoms with Crippen molar-refractivity contribution in [1.29, 1.82) is 0 Å². The third-order valence-electron chi connectivity index (χ3n) is 2.47. The average Bonchev–Trinajstić information content (AvgIpc) is 2.43. The molecule has 0 bridgehead atoms. The Labute approximate surface area is 125 Å². The molecule has 2 aromatic rings. The van der Waals surface area contributed by atoms with Gasteiger partial charge in [0.25, 0.3) is 0 Å². The molecule has 0 fully saturated rings. The largest absolute Gasteiger partial charge is 0.545 e. The van der Waals surface area contributed by atoms with E-state index in [2.05, 4.69) is 10.5 Å². The maximum Gasteiger partial charge on any atom is 0.0715 e. The first-order chi connectivity index (χ1) is 9.56. The van der Waals surface area contributed by atoms with Crippen LogP contribution in [0.2, 0.25) is 10.0 Å². The van der Waals surface area contributed by atoms with Gasteiger partial charge in [-0.15, -0.1) is 0 Å². The fraction of sp³-hybridized carbons (Fsp3) is 0. The van der Waals surface area contributed by atoms with Crippen LogP contribution in [0.4, 0.5) is 5.69 Å². The normalized spacial score (nSPS) is 10.7. The van der Waals surface area contributed by atoms with Crippen LogP contribution in [0, 0.1) is 0 Å². The molecule has 20 heavy (non-hydrogen) atoms. The van der Waals surface area contributed by atoms with E-state index in [0.29, 0.717) is 15.7 Å². The predicted octanol–water partition coefficient (Wildman–Crippen LogP) is 2.80. The van der Waals surface area contributed by atoms with Crippen molar-refractivity contribution in [2.75, 3.05) is 5.43 Å². The third-order valence-corrected chi connectivity index (χ3v) is 3.21. The van der Waals surface area contributed by atoms with Gasteiger partial charge in [-0.3, -0.25) is 5.43 Å². The van der Waals surface area contributed by atoms with Gasteiger partial charge in [0.2, 0.25) is 0 Å². The second kappa shape index (κ2) is 6.41. The Hall–Kier alpha value is -2.04. The molecule has 0 aliphatic heterocycles. The maximum atomic E-state index is 10.6. The highest BCUT2D eigenvalue weighted by Crippen LogP contribution is 2.24. The van der Waals surface area contributed by atoms with Crippen molar-refractivity contribution in [2.45, 2.75) is 0 Å². The van der Waals surface area contributed by atoms with E-state index in [-0.39, 0.29) is 5.56 Å². The maximum absolute atomic E-state index is 10.6. The number of nitrogens with one attached hydrogen (secondary N) is 1. The summed E-state index contributed by atoms with van der Waals surface area (Å²) in [7, 11) is 0. The summed E-state index contributed by atoms with van der Waals surface area (Å²) in [6, 6.07) is 11.2. The number of hydrazone groups is 1. The highest BCUT2D eigenvalue weighted by molar-refractivity contribution is 6.42. The number of carboxylic acid groups (broad SMARTS) is 1. The topological polar surface area (TPSA) is 64.5 Å². The van der Waals surface area contributed by atoms with Crippen LogP contribution in [-0.2, 0) is 0 Å². The van der Waals surface area contributed by atoms with E-state index in [1.54, 1.807) is 36.5 Å². The predicted molar refractivity (Wildman–Crippen MR) is 78.5 cm³/mol. The Bertz CT molecular complexity index is 655. The van der Waals surface area contributed by atoms with Crippen LogP contribution in [0.5, 0.6) is 0 Å². The Balaban J connectivity index is 2.02. The lowest BCUT2D eigenvalue weighted by Crippen LogP contribution is -2.21. The average molecular weight is 308 g/mol. The summed E-state index contributed by atoms with van der Waals surface area (Å²) in [5, 5.41) is 15.5. The summed E-state index contributed by atoms with van der Waals surface area (Å²) in [5.74, 6) is -1.21. The van der Waals surface area contributed by atoms with Gasteiger partial charge in [0, 0.05) is 0 Å². The number of rotatable bonds is 4. The summed E-state index contributed by atoms with van der Waals surface area (Å²) in [4.78, 5) is 10.6. The standard InChI is InChI=1S/C14H10Cl2N2O2/c15-12-6-5-11(7-13(12)16)18-17-8-9-1-3-10(4-2-9)14(19)20/h1-8,18H,(H,19,20)/p-1/b17-8-. The quantitative estimate of drug-likeness (QED) is 0.698. The van der Waals surface area contributed by atoms with E-state index in [9.17, 15) is 9.90 Å². The number of hydrogen-bond acceptors (Lipinski definition) is 4. The highest BCUT2D eigenvalue weighted by atomic mass is 35.5. The molecular formula is C14H9Cl2N2O2-. The van der Waals surface area contributed by atoms with Gasteiger partial charge in [0.05, 0.1) is 27.9 Å². The van der Waals surface area contributed by atoms with Crippen LogP contribution in [-0.4, -0.2) is 12.2 Å². The summed E-state index contributed by atoms with van der Waals surface area (Å²) >= 11 is 11.7. The Morgan fingerprint density at radius 2 is 1.80 bits per heavy atom. The number of carbonyl (C=O) groups excluding carboxylic acids is 1. The molecule has 0 aromatic heterocycles. The molecule has 0 spiro atoms. The minimum atomic E-state index is -1.21. The minimum absolute atomic E-state index is 0.125. The second-order valence-electron chi connectivity index (χ2n) is 3.91. The molecular weight excluding hydrogens is 299 g/mol. The summed E-state index contributed by atoms with van der Waals surface area (Å²) < 4.78 is 0. The first kappa shape index (κ1) is 14.4. The number of nitrogens with zero attached hydrogens (tertiary/aromatic N) is 1. The Morgan fingerprint density at radius 1 is 1.10 bits per heavy atom.